The molecule has 1 fully saturated rings. The molecule has 0 bridgehead atoms. The Bertz CT molecular complexity index is 1340. The monoisotopic (exact) mass is 754 g/mol. The van der Waals surface area contributed by atoms with Gasteiger partial charge in [-0.15, -0.1) is 0 Å². The Labute approximate surface area is 306 Å². The molecule has 5 amide bonds. The van der Waals surface area contributed by atoms with Crippen molar-refractivity contribution in [1.82, 2.24) is 37.2 Å². The van der Waals surface area contributed by atoms with E-state index in [1.54, 1.807) is 30.3 Å². The van der Waals surface area contributed by atoms with Crippen LogP contribution in [0.3, 0.4) is 0 Å². The molecule has 1 heterocycles. The van der Waals surface area contributed by atoms with E-state index in [4.69, 9.17) is 5.73 Å². The van der Waals surface area contributed by atoms with E-state index in [1.807, 2.05) is 0 Å². The Morgan fingerprint density at radius 2 is 1.68 bits per heavy atom. The number of benzene rings is 1. The minimum atomic E-state index is -1.77. The Morgan fingerprint density at radius 3 is 2.28 bits per heavy atom. The third kappa shape index (κ3) is 15.7. The summed E-state index contributed by atoms with van der Waals surface area (Å²) in [6, 6.07) is -0.255. The predicted molar refractivity (Wildman–Crippen MR) is 187 cm³/mol. The fourth-order valence-electron chi connectivity index (χ4n) is 5.31. The van der Waals surface area contributed by atoms with E-state index in [0.29, 0.717) is 12.8 Å². The first-order valence-electron chi connectivity index (χ1n) is 17.4. The molecule has 9 atom stereocenters. The van der Waals surface area contributed by atoms with Gasteiger partial charge in [-0.1, -0.05) is 30.3 Å². The van der Waals surface area contributed by atoms with Crippen LogP contribution in [0.5, 0.6) is 0 Å². The standard InChI is InChI=1S/C33H54N8O12/c1-18(45)27-32(51)40-25(17-44)31(50)39-22(29(48)37-20(15-42)14-36-24(33(52)53)13-19-7-3-2-4-8-19)9-5-6-12-35-26(46)11-10-23(30(49)41-27)38-28(47)21(34)16-43/h2-4,7-8,18,20-25,27,31,36,39,42-45,50H,5-6,9-17,34H2,1H3,(H,35,46)(H,37,48)(H,38,47)(H,40,51)(H,41,49)(H,52,53). The molecule has 15 N–H and O–H groups in total. The zero-order valence-corrected chi connectivity index (χ0v) is 29.6. The lowest BCUT2D eigenvalue weighted by atomic mass is 10.0. The molecule has 1 aromatic rings. The third-order valence-electron chi connectivity index (χ3n) is 8.48. The maximum absolute atomic E-state index is 13.5. The number of carbonyl (C=O) groups excluding carboxylic acids is 5. The van der Waals surface area contributed by atoms with Gasteiger partial charge in [0.15, 0.2) is 0 Å². The molecule has 1 aliphatic heterocycles. The lowest BCUT2D eigenvalue weighted by Crippen LogP contribution is -2.63. The maximum Gasteiger partial charge on any atom is 0.321 e. The summed E-state index contributed by atoms with van der Waals surface area (Å²) in [6.45, 7) is -0.974. The number of amides is 5. The van der Waals surface area contributed by atoms with E-state index in [-0.39, 0.29) is 38.8 Å². The fraction of sp³-hybridized carbons (Fsp3) is 0.636. The highest BCUT2D eigenvalue weighted by Gasteiger charge is 2.34. The van der Waals surface area contributed by atoms with Gasteiger partial charge in [0.1, 0.15) is 30.4 Å². The summed E-state index contributed by atoms with van der Waals surface area (Å²) in [4.78, 5) is 76.8. The lowest BCUT2D eigenvalue weighted by Gasteiger charge is -2.31. The highest BCUT2D eigenvalue weighted by atomic mass is 16.4. The van der Waals surface area contributed by atoms with E-state index in [9.17, 15) is 59.4 Å². The van der Waals surface area contributed by atoms with Crippen LogP contribution < -0.4 is 43.0 Å². The van der Waals surface area contributed by atoms with E-state index in [0.717, 1.165) is 5.56 Å². The average molecular weight is 755 g/mol. The van der Waals surface area contributed by atoms with Gasteiger partial charge in [0, 0.05) is 19.5 Å². The van der Waals surface area contributed by atoms with Crippen molar-refractivity contribution >= 4 is 35.5 Å². The van der Waals surface area contributed by atoms with Gasteiger partial charge in [0.05, 0.1) is 44.1 Å². The van der Waals surface area contributed by atoms with E-state index in [2.05, 4.69) is 37.2 Å². The van der Waals surface area contributed by atoms with Crippen LogP contribution in [0, 0.1) is 0 Å². The van der Waals surface area contributed by atoms with Crippen molar-refractivity contribution in [2.75, 3.05) is 32.9 Å². The smallest absolute Gasteiger partial charge is 0.321 e. The summed E-state index contributed by atoms with van der Waals surface area (Å²) in [5.74, 6) is -5.27. The van der Waals surface area contributed by atoms with Crippen molar-refractivity contribution in [1.29, 1.82) is 0 Å². The van der Waals surface area contributed by atoms with Gasteiger partial charge in [-0.3, -0.25) is 34.1 Å². The molecule has 53 heavy (non-hydrogen) atoms. The molecule has 20 nitrogen and oxygen atoms in total. The van der Waals surface area contributed by atoms with Gasteiger partial charge >= 0.3 is 5.97 Å². The van der Waals surface area contributed by atoms with Crippen LogP contribution in [-0.4, -0.2) is 154 Å². The predicted octanol–water partition coefficient (Wildman–Crippen LogP) is -5.75. The first kappa shape index (κ1) is 44.9. The molecule has 1 aromatic carbocycles. The zero-order chi connectivity index (χ0) is 39.5. The van der Waals surface area contributed by atoms with Gasteiger partial charge in [-0.25, -0.2) is 0 Å². The second-order valence-corrected chi connectivity index (χ2v) is 12.8. The second kappa shape index (κ2) is 23.4. The number of carboxylic acid groups (broad SMARTS) is 1. The summed E-state index contributed by atoms with van der Waals surface area (Å²) in [5.41, 5.74) is 6.30. The van der Waals surface area contributed by atoms with Gasteiger partial charge in [0.25, 0.3) is 0 Å². The number of carboxylic acids is 1. The quantitative estimate of drug-likeness (QED) is 0.0842. The van der Waals surface area contributed by atoms with Crippen molar-refractivity contribution in [2.45, 2.75) is 100 Å². The van der Waals surface area contributed by atoms with Crippen molar-refractivity contribution < 1.29 is 59.4 Å². The van der Waals surface area contributed by atoms with E-state index >= 15 is 0 Å². The van der Waals surface area contributed by atoms with Crippen LogP contribution in [0.4, 0.5) is 0 Å². The Balaban J connectivity index is 2.23. The lowest BCUT2D eigenvalue weighted by molar-refractivity contribution is -0.139. The molecular formula is C33H54N8O12. The molecule has 2 rings (SSSR count). The van der Waals surface area contributed by atoms with Crippen molar-refractivity contribution in [2.24, 2.45) is 5.73 Å². The van der Waals surface area contributed by atoms with Crippen LogP contribution in [0.25, 0.3) is 0 Å². The molecular weight excluding hydrogens is 700 g/mol. The normalized spacial score (nSPS) is 24.8. The summed E-state index contributed by atoms with van der Waals surface area (Å²) in [6.07, 6.45) is -2.96. The van der Waals surface area contributed by atoms with E-state index < -0.39 is 110 Å². The summed E-state index contributed by atoms with van der Waals surface area (Å²) < 4.78 is 0. The number of nitrogens with two attached hydrogens (primary N) is 1. The minimum absolute atomic E-state index is 0.0633. The molecule has 0 saturated carbocycles. The summed E-state index contributed by atoms with van der Waals surface area (Å²) >= 11 is 0. The van der Waals surface area contributed by atoms with Crippen LogP contribution in [0.15, 0.2) is 30.3 Å². The molecule has 9 unspecified atom stereocenters. The second-order valence-electron chi connectivity index (χ2n) is 12.8. The van der Waals surface area contributed by atoms with Crippen LogP contribution in [0.1, 0.15) is 44.6 Å². The average Bonchev–Trinajstić information content (AvgIpc) is 3.13. The minimum Gasteiger partial charge on any atom is -0.480 e. The molecule has 0 radical (unpaired) electrons. The number of rotatable bonds is 14. The Morgan fingerprint density at radius 1 is 0.981 bits per heavy atom. The first-order chi connectivity index (χ1) is 25.2. The third-order valence-corrected chi connectivity index (χ3v) is 8.48. The van der Waals surface area contributed by atoms with Crippen molar-refractivity contribution in [3.05, 3.63) is 35.9 Å². The molecule has 20 heteroatoms. The highest BCUT2D eigenvalue weighted by molar-refractivity contribution is 5.93. The van der Waals surface area contributed by atoms with Gasteiger partial charge in [-0.05, 0) is 44.6 Å². The topological polar surface area (TPSA) is 334 Å². The molecule has 0 aliphatic carbocycles. The van der Waals surface area contributed by atoms with Crippen LogP contribution in [0.2, 0.25) is 0 Å². The summed E-state index contributed by atoms with van der Waals surface area (Å²) in [5, 5.41) is 78.1. The SMILES string of the molecule is CC(O)C1NC(=O)C(NC(=O)C(N)CO)CCC(=O)NCCCCC(C(=O)NC(CO)CNC(Cc2ccccc2)C(=O)O)NC(O)C(CO)NC1=O. The van der Waals surface area contributed by atoms with Crippen molar-refractivity contribution in [3.8, 4) is 0 Å². The largest absolute Gasteiger partial charge is 0.480 e. The van der Waals surface area contributed by atoms with Crippen molar-refractivity contribution in [3.63, 3.8) is 0 Å². The zero-order valence-electron chi connectivity index (χ0n) is 29.6. The number of aliphatic hydroxyl groups excluding tert-OH is 5. The Hall–Kier alpha value is -4.28. The molecule has 0 aromatic heterocycles. The summed E-state index contributed by atoms with van der Waals surface area (Å²) in [7, 11) is 0. The van der Waals surface area contributed by atoms with Crippen LogP contribution >= 0.6 is 0 Å². The molecule has 1 saturated heterocycles. The van der Waals surface area contributed by atoms with Gasteiger partial charge in [0.2, 0.25) is 29.5 Å². The Kier molecular flexibility index (Phi) is 19.8. The molecule has 0 spiro atoms. The fourth-order valence-corrected chi connectivity index (χ4v) is 5.31. The highest BCUT2D eigenvalue weighted by Crippen LogP contribution is 2.08. The maximum atomic E-state index is 13.5. The van der Waals surface area contributed by atoms with Crippen LogP contribution in [-0.2, 0) is 35.2 Å². The first-order valence-corrected chi connectivity index (χ1v) is 17.4. The van der Waals surface area contributed by atoms with Gasteiger partial charge < -0.3 is 68.3 Å². The van der Waals surface area contributed by atoms with E-state index in [1.165, 1.54) is 6.92 Å². The number of aliphatic hydroxyl groups is 5. The number of aliphatic carboxylic acids is 1. The number of carbonyl (C=O) groups is 6. The molecule has 298 valence electrons. The number of hydrogen-bond acceptors (Lipinski definition) is 14. The molecule has 1 aliphatic rings. The number of nitrogens with one attached hydrogen (secondary N) is 7. The van der Waals surface area contributed by atoms with Gasteiger partial charge in [-0.2, -0.15) is 0 Å². The number of hydrogen-bond donors (Lipinski definition) is 14.